The van der Waals surface area contributed by atoms with Crippen LogP contribution in [-0.2, 0) is 6.54 Å². The summed E-state index contributed by atoms with van der Waals surface area (Å²) < 4.78 is 1.16. The molecule has 1 saturated carbocycles. The van der Waals surface area contributed by atoms with Gasteiger partial charge in [0, 0.05) is 24.1 Å². The molecule has 0 unspecified atom stereocenters. The topological polar surface area (TPSA) is 24.1 Å². The highest BCUT2D eigenvalue weighted by molar-refractivity contribution is 9.10. The first-order valence-corrected chi connectivity index (χ1v) is 6.63. The van der Waals surface area contributed by atoms with E-state index in [0.717, 1.165) is 24.1 Å². The van der Waals surface area contributed by atoms with Gasteiger partial charge < -0.3 is 10.6 Å². The fourth-order valence-corrected chi connectivity index (χ4v) is 2.53. The number of benzene rings is 1. The zero-order chi connectivity index (χ0) is 11.4. The zero-order valence-corrected chi connectivity index (χ0v) is 11.3. The molecule has 1 fully saturated rings. The molecule has 0 saturated heterocycles. The Labute approximate surface area is 106 Å². The molecule has 0 radical (unpaired) electrons. The van der Waals surface area contributed by atoms with Crippen LogP contribution in [0.2, 0.25) is 0 Å². The SMILES string of the molecule is CNCC1(CNCc2cccc(Br)c2)CC1. The van der Waals surface area contributed by atoms with Gasteiger partial charge in [-0.25, -0.2) is 0 Å². The normalized spacial score (nSPS) is 17.4. The summed E-state index contributed by atoms with van der Waals surface area (Å²) in [6.45, 7) is 3.23. The summed E-state index contributed by atoms with van der Waals surface area (Å²) in [6.07, 6.45) is 2.72. The Balaban J connectivity index is 1.76. The second kappa shape index (κ2) is 5.30. The van der Waals surface area contributed by atoms with Crippen LogP contribution < -0.4 is 10.6 Å². The Morgan fingerprint density at radius 3 is 2.75 bits per heavy atom. The van der Waals surface area contributed by atoms with Gasteiger partial charge in [-0.3, -0.25) is 0 Å². The van der Waals surface area contributed by atoms with Crippen LogP contribution in [0.25, 0.3) is 0 Å². The van der Waals surface area contributed by atoms with Crippen molar-refractivity contribution < 1.29 is 0 Å². The van der Waals surface area contributed by atoms with Crippen LogP contribution >= 0.6 is 15.9 Å². The Morgan fingerprint density at radius 2 is 2.12 bits per heavy atom. The minimum atomic E-state index is 0.542. The molecule has 0 atom stereocenters. The molecule has 2 N–H and O–H groups in total. The molecular weight excluding hydrogens is 264 g/mol. The Morgan fingerprint density at radius 1 is 1.31 bits per heavy atom. The molecule has 0 aliphatic heterocycles. The van der Waals surface area contributed by atoms with Gasteiger partial charge in [-0.1, -0.05) is 28.1 Å². The molecular formula is C13H19BrN2. The molecule has 0 aromatic heterocycles. The lowest BCUT2D eigenvalue weighted by molar-refractivity contribution is 0.438. The van der Waals surface area contributed by atoms with Gasteiger partial charge in [-0.2, -0.15) is 0 Å². The molecule has 0 amide bonds. The van der Waals surface area contributed by atoms with E-state index in [2.05, 4.69) is 50.8 Å². The van der Waals surface area contributed by atoms with E-state index >= 15 is 0 Å². The lowest BCUT2D eigenvalue weighted by atomic mass is 10.1. The summed E-state index contributed by atoms with van der Waals surface area (Å²) in [5.74, 6) is 0. The highest BCUT2D eigenvalue weighted by Gasteiger charge is 2.41. The molecule has 0 spiro atoms. The molecule has 0 bridgehead atoms. The van der Waals surface area contributed by atoms with E-state index in [-0.39, 0.29) is 0 Å². The van der Waals surface area contributed by atoms with Crippen LogP contribution in [0.3, 0.4) is 0 Å². The van der Waals surface area contributed by atoms with Crippen molar-refractivity contribution in [3.63, 3.8) is 0 Å². The van der Waals surface area contributed by atoms with Crippen molar-refractivity contribution in [2.45, 2.75) is 19.4 Å². The van der Waals surface area contributed by atoms with Crippen molar-refractivity contribution >= 4 is 15.9 Å². The second-order valence-electron chi connectivity index (χ2n) is 4.76. The number of hydrogen-bond donors (Lipinski definition) is 2. The van der Waals surface area contributed by atoms with Crippen molar-refractivity contribution in [3.8, 4) is 0 Å². The van der Waals surface area contributed by atoms with Crippen molar-refractivity contribution in [1.29, 1.82) is 0 Å². The van der Waals surface area contributed by atoms with Gasteiger partial charge >= 0.3 is 0 Å². The van der Waals surface area contributed by atoms with E-state index in [1.54, 1.807) is 0 Å². The highest BCUT2D eigenvalue weighted by atomic mass is 79.9. The monoisotopic (exact) mass is 282 g/mol. The van der Waals surface area contributed by atoms with Crippen LogP contribution in [0.15, 0.2) is 28.7 Å². The largest absolute Gasteiger partial charge is 0.319 e. The second-order valence-corrected chi connectivity index (χ2v) is 5.68. The van der Waals surface area contributed by atoms with Crippen molar-refractivity contribution in [3.05, 3.63) is 34.3 Å². The molecule has 1 aliphatic rings. The maximum atomic E-state index is 3.56. The minimum absolute atomic E-state index is 0.542. The van der Waals surface area contributed by atoms with Gasteiger partial charge in [0.05, 0.1) is 0 Å². The summed E-state index contributed by atoms with van der Waals surface area (Å²) in [5, 5.41) is 6.84. The summed E-state index contributed by atoms with van der Waals surface area (Å²) >= 11 is 3.49. The fourth-order valence-electron chi connectivity index (χ4n) is 2.09. The quantitative estimate of drug-likeness (QED) is 0.838. The third kappa shape index (κ3) is 3.30. The molecule has 3 heteroatoms. The van der Waals surface area contributed by atoms with E-state index in [0.29, 0.717) is 5.41 Å². The summed E-state index contributed by atoms with van der Waals surface area (Å²) in [6, 6.07) is 8.48. The average Bonchev–Trinajstić information content (AvgIpc) is 2.99. The Hall–Kier alpha value is -0.380. The molecule has 2 nitrogen and oxygen atoms in total. The highest BCUT2D eigenvalue weighted by Crippen LogP contribution is 2.44. The summed E-state index contributed by atoms with van der Waals surface area (Å²) in [5.41, 5.74) is 1.88. The zero-order valence-electron chi connectivity index (χ0n) is 9.72. The van der Waals surface area contributed by atoms with E-state index in [1.165, 1.54) is 18.4 Å². The molecule has 16 heavy (non-hydrogen) atoms. The summed E-state index contributed by atoms with van der Waals surface area (Å²) in [7, 11) is 2.04. The minimum Gasteiger partial charge on any atom is -0.319 e. The number of rotatable bonds is 6. The number of nitrogens with one attached hydrogen (secondary N) is 2. The third-order valence-electron chi connectivity index (χ3n) is 3.23. The maximum Gasteiger partial charge on any atom is 0.0206 e. The molecule has 1 aliphatic carbocycles. The van der Waals surface area contributed by atoms with Gasteiger partial charge in [0.25, 0.3) is 0 Å². The molecule has 2 rings (SSSR count). The Kier molecular flexibility index (Phi) is 4.00. The molecule has 1 aromatic carbocycles. The third-order valence-corrected chi connectivity index (χ3v) is 3.72. The lowest BCUT2D eigenvalue weighted by Gasteiger charge is -2.15. The van der Waals surface area contributed by atoms with Crippen LogP contribution in [0.4, 0.5) is 0 Å². The van der Waals surface area contributed by atoms with Gasteiger partial charge in [0.15, 0.2) is 0 Å². The number of halogens is 1. The van der Waals surface area contributed by atoms with Gasteiger partial charge in [-0.05, 0) is 43.0 Å². The molecule has 0 heterocycles. The predicted molar refractivity (Wildman–Crippen MR) is 71.4 cm³/mol. The summed E-state index contributed by atoms with van der Waals surface area (Å²) in [4.78, 5) is 0. The first-order valence-electron chi connectivity index (χ1n) is 5.84. The van der Waals surface area contributed by atoms with Crippen LogP contribution in [-0.4, -0.2) is 20.1 Å². The molecule has 1 aromatic rings. The van der Waals surface area contributed by atoms with E-state index in [1.807, 2.05) is 7.05 Å². The standard InChI is InChI=1S/C13H19BrN2/c1-15-9-13(5-6-13)10-16-8-11-3-2-4-12(14)7-11/h2-4,7,15-16H,5-6,8-10H2,1H3. The smallest absolute Gasteiger partial charge is 0.0206 e. The van der Waals surface area contributed by atoms with Crippen molar-refractivity contribution in [1.82, 2.24) is 10.6 Å². The Bertz CT molecular complexity index is 348. The predicted octanol–water partition coefficient (Wildman–Crippen LogP) is 2.54. The van der Waals surface area contributed by atoms with Crippen LogP contribution in [0.1, 0.15) is 18.4 Å². The van der Waals surface area contributed by atoms with Crippen molar-refractivity contribution in [2.75, 3.05) is 20.1 Å². The lowest BCUT2D eigenvalue weighted by Crippen LogP contribution is -2.31. The fraction of sp³-hybridized carbons (Fsp3) is 0.538. The van der Waals surface area contributed by atoms with Crippen molar-refractivity contribution in [2.24, 2.45) is 5.41 Å². The van der Waals surface area contributed by atoms with E-state index in [4.69, 9.17) is 0 Å². The maximum absolute atomic E-state index is 3.56. The van der Waals surface area contributed by atoms with Gasteiger partial charge in [0.1, 0.15) is 0 Å². The first kappa shape index (κ1) is 12.1. The number of hydrogen-bond acceptors (Lipinski definition) is 2. The average molecular weight is 283 g/mol. The first-order chi connectivity index (χ1) is 7.74. The van der Waals surface area contributed by atoms with E-state index in [9.17, 15) is 0 Å². The van der Waals surface area contributed by atoms with Crippen LogP contribution in [0, 0.1) is 5.41 Å². The van der Waals surface area contributed by atoms with Gasteiger partial charge in [-0.15, -0.1) is 0 Å². The molecule has 88 valence electrons. The van der Waals surface area contributed by atoms with E-state index < -0.39 is 0 Å². The van der Waals surface area contributed by atoms with Crippen LogP contribution in [0.5, 0.6) is 0 Å². The van der Waals surface area contributed by atoms with Gasteiger partial charge in [0.2, 0.25) is 0 Å².